The molecule has 0 atom stereocenters. The van der Waals surface area contributed by atoms with Crippen LogP contribution in [-0.4, -0.2) is 35.3 Å². The summed E-state index contributed by atoms with van der Waals surface area (Å²) in [6.45, 7) is 1.30. The largest absolute Gasteiger partial charge is 0.497 e. The van der Waals surface area contributed by atoms with Gasteiger partial charge in [-0.2, -0.15) is 0 Å². The minimum absolute atomic E-state index is 0.259. The molecule has 186 valence electrons. The molecule has 1 aliphatic rings. The van der Waals surface area contributed by atoms with Gasteiger partial charge in [-0.1, -0.05) is 41.7 Å². The number of hydrogen-bond donors (Lipinski definition) is 2. The summed E-state index contributed by atoms with van der Waals surface area (Å²) in [5, 5.41) is 13.6. The molecule has 1 aromatic heterocycles. The van der Waals surface area contributed by atoms with E-state index >= 15 is 0 Å². The molecule has 2 N–H and O–H groups in total. The van der Waals surface area contributed by atoms with Crippen LogP contribution in [0.15, 0.2) is 66.7 Å². The fourth-order valence-electron chi connectivity index (χ4n) is 4.45. The van der Waals surface area contributed by atoms with Crippen LogP contribution in [0, 0.1) is 5.82 Å². The first-order chi connectivity index (χ1) is 17.5. The number of aromatic nitrogens is 1. The number of ether oxygens (including phenoxy) is 1. The Bertz CT molecular complexity index is 1350. The van der Waals surface area contributed by atoms with Gasteiger partial charge in [-0.15, -0.1) is 0 Å². The Hall–Kier alpha value is -3.65. The third-order valence-corrected chi connectivity index (χ3v) is 7.92. The molecular weight excluding hydrogens is 477 g/mol. The predicted molar refractivity (Wildman–Crippen MR) is 142 cm³/mol. The summed E-state index contributed by atoms with van der Waals surface area (Å²) in [6, 6.07) is 20.8. The number of thiazole rings is 1. The molecule has 6 nitrogen and oxygen atoms in total. The molecule has 4 aromatic rings. The number of carboxylic acid groups (broad SMARTS) is 1. The van der Waals surface area contributed by atoms with Gasteiger partial charge in [-0.3, -0.25) is 0 Å². The molecule has 3 aromatic carbocycles. The monoisotopic (exact) mass is 505 g/mol. The molecule has 8 heteroatoms. The van der Waals surface area contributed by atoms with E-state index in [0.717, 1.165) is 35.0 Å². The van der Waals surface area contributed by atoms with Crippen LogP contribution in [0.1, 0.15) is 30.4 Å². The molecule has 5 rings (SSSR count). The number of carboxylic acids is 1. The highest BCUT2D eigenvalue weighted by atomic mass is 32.1. The van der Waals surface area contributed by atoms with Gasteiger partial charge in [-0.05, 0) is 73.2 Å². The lowest BCUT2D eigenvalue weighted by atomic mass is 9.76. The second-order valence-corrected chi connectivity index (χ2v) is 10.1. The maximum Gasteiger partial charge on any atom is 0.329 e. The summed E-state index contributed by atoms with van der Waals surface area (Å²) in [4.78, 5) is 18.6. The van der Waals surface area contributed by atoms with Crippen LogP contribution >= 0.6 is 11.3 Å². The number of halogens is 1. The van der Waals surface area contributed by atoms with Crippen molar-refractivity contribution in [3.05, 3.63) is 83.7 Å². The molecule has 0 aliphatic heterocycles. The summed E-state index contributed by atoms with van der Waals surface area (Å²) >= 11 is 1.36. The number of fused-ring (bicyclic) bond motifs is 1. The molecule has 0 unspecified atom stereocenters. The van der Waals surface area contributed by atoms with Crippen molar-refractivity contribution < 1.29 is 19.0 Å². The zero-order valence-electron chi connectivity index (χ0n) is 20.0. The van der Waals surface area contributed by atoms with Gasteiger partial charge in [-0.25, -0.2) is 14.2 Å². The van der Waals surface area contributed by atoms with Crippen molar-refractivity contribution in [1.82, 2.24) is 4.98 Å². The number of anilines is 2. The fourth-order valence-corrected chi connectivity index (χ4v) is 5.45. The summed E-state index contributed by atoms with van der Waals surface area (Å²) in [5.74, 6) is -0.242. The Labute approximate surface area is 213 Å². The van der Waals surface area contributed by atoms with Crippen molar-refractivity contribution >= 4 is 38.3 Å². The highest BCUT2D eigenvalue weighted by molar-refractivity contribution is 7.22. The maximum atomic E-state index is 14.4. The lowest BCUT2D eigenvalue weighted by Crippen LogP contribution is -2.52. The van der Waals surface area contributed by atoms with Crippen LogP contribution in [0.4, 0.5) is 15.2 Å². The smallest absolute Gasteiger partial charge is 0.329 e. The predicted octanol–water partition coefficient (Wildman–Crippen LogP) is 6.11. The van der Waals surface area contributed by atoms with Gasteiger partial charge in [0.1, 0.15) is 17.1 Å². The second-order valence-electron chi connectivity index (χ2n) is 9.17. The molecule has 1 heterocycles. The van der Waals surface area contributed by atoms with E-state index in [1.54, 1.807) is 13.2 Å². The van der Waals surface area contributed by atoms with Crippen LogP contribution < -0.4 is 15.0 Å². The van der Waals surface area contributed by atoms with Crippen LogP contribution in [-0.2, 0) is 17.8 Å². The van der Waals surface area contributed by atoms with Crippen molar-refractivity contribution in [2.45, 2.75) is 37.8 Å². The third kappa shape index (κ3) is 4.99. The van der Waals surface area contributed by atoms with Gasteiger partial charge >= 0.3 is 5.97 Å². The van der Waals surface area contributed by atoms with Gasteiger partial charge in [0.05, 0.1) is 17.3 Å². The molecule has 36 heavy (non-hydrogen) atoms. The Morgan fingerprint density at radius 3 is 2.44 bits per heavy atom. The molecule has 1 fully saturated rings. The minimum Gasteiger partial charge on any atom is -0.497 e. The normalized spacial score (nSPS) is 14.3. The number of nitrogens with zero attached hydrogens (tertiary/aromatic N) is 2. The third-order valence-electron chi connectivity index (χ3n) is 6.78. The van der Waals surface area contributed by atoms with Crippen molar-refractivity contribution in [1.29, 1.82) is 0 Å². The minimum atomic E-state index is -0.850. The standard InChI is InChI=1S/C28H28FN3O3S/c1-35-22-12-8-19(9-13-22)14-17-32(27-30-24-5-2-4-23(29)25(24)36-27)18-20-6-10-21(11-7-20)31-28(26(33)34)15-3-16-28/h2,4-13,31H,3,14-18H2,1H3,(H,33,34). The molecule has 0 saturated heterocycles. The quantitative estimate of drug-likeness (QED) is 0.271. The Balaban J connectivity index is 1.35. The van der Waals surface area contributed by atoms with E-state index < -0.39 is 11.5 Å². The summed E-state index contributed by atoms with van der Waals surface area (Å²) in [6.07, 6.45) is 2.99. The van der Waals surface area contributed by atoms with Gasteiger partial charge in [0.15, 0.2) is 5.13 Å². The van der Waals surface area contributed by atoms with E-state index in [4.69, 9.17) is 9.72 Å². The summed E-state index contributed by atoms with van der Waals surface area (Å²) < 4.78 is 20.2. The van der Waals surface area contributed by atoms with Gasteiger partial charge in [0.25, 0.3) is 0 Å². The zero-order valence-corrected chi connectivity index (χ0v) is 20.9. The summed E-state index contributed by atoms with van der Waals surface area (Å²) in [7, 11) is 1.65. The van der Waals surface area contributed by atoms with Crippen molar-refractivity contribution in [3.8, 4) is 5.75 Å². The van der Waals surface area contributed by atoms with Crippen molar-refractivity contribution in [2.75, 3.05) is 23.9 Å². The van der Waals surface area contributed by atoms with Crippen LogP contribution in [0.3, 0.4) is 0 Å². The molecule has 1 saturated carbocycles. The van der Waals surface area contributed by atoms with Gasteiger partial charge in [0, 0.05) is 18.8 Å². The lowest BCUT2D eigenvalue weighted by molar-refractivity contribution is -0.145. The molecule has 1 aliphatic carbocycles. The fraction of sp³-hybridized carbons (Fsp3) is 0.286. The SMILES string of the molecule is COc1ccc(CCN(Cc2ccc(NC3(C(=O)O)CCC3)cc2)c2nc3cccc(F)c3s2)cc1. The number of benzene rings is 3. The average Bonchev–Trinajstić information content (AvgIpc) is 3.30. The van der Waals surface area contributed by atoms with E-state index in [-0.39, 0.29) is 5.82 Å². The van der Waals surface area contributed by atoms with E-state index in [0.29, 0.717) is 36.1 Å². The highest BCUT2D eigenvalue weighted by Crippen LogP contribution is 2.36. The van der Waals surface area contributed by atoms with E-state index in [2.05, 4.69) is 10.2 Å². The molecule has 0 spiro atoms. The number of hydrogen-bond acceptors (Lipinski definition) is 6. The number of carbonyl (C=O) groups is 1. The number of rotatable bonds is 10. The van der Waals surface area contributed by atoms with Gasteiger partial charge < -0.3 is 20.1 Å². The van der Waals surface area contributed by atoms with E-state index in [9.17, 15) is 14.3 Å². The van der Waals surface area contributed by atoms with Crippen molar-refractivity contribution in [2.24, 2.45) is 0 Å². The lowest BCUT2D eigenvalue weighted by Gasteiger charge is -2.39. The molecule has 0 bridgehead atoms. The number of methoxy groups -OCH3 is 1. The molecule has 0 amide bonds. The van der Waals surface area contributed by atoms with Crippen LogP contribution in [0.25, 0.3) is 10.2 Å². The Morgan fingerprint density at radius 2 is 1.83 bits per heavy atom. The first-order valence-electron chi connectivity index (χ1n) is 12.0. The molecule has 0 radical (unpaired) electrons. The second kappa shape index (κ2) is 10.1. The summed E-state index contributed by atoms with van der Waals surface area (Å²) in [5.41, 5.74) is 2.84. The Morgan fingerprint density at radius 1 is 1.11 bits per heavy atom. The van der Waals surface area contributed by atoms with Crippen molar-refractivity contribution in [3.63, 3.8) is 0 Å². The average molecular weight is 506 g/mol. The van der Waals surface area contributed by atoms with Crippen LogP contribution in [0.5, 0.6) is 5.75 Å². The number of nitrogens with one attached hydrogen (secondary N) is 1. The first kappa shape index (κ1) is 24.1. The highest BCUT2D eigenvalue weighted by Gasteiger charge is 2.44. The Kier molecular flexibility index (Phi) is 6.78. The number of aliphatic carboxylic acids is 1. The maximum absolute atomic E-state index is 14.4. The zero-order chi connectivity index (χ0) is 25.1. The first-order valence-corrected chi connectivity index (χ1v) is 12.8. The van der Waals surface area contributed by atoms with Crippen LogP contribution in [0.2, 0.25) is 0 Å². The van der Waals surface area contributed by atoms with E-state index in [1.807, 2.05) is 54.6 Å². The van der Waals surface area contributed by atoms with E-state index in [1.165, 1.54) is 23.0 Å². The molecular formula is C28H28FN3O3S. The van der Waals surface area contributed by atoms with Gasteiger partial charge in [0.2, 0.25) is 0 Å². The topological polar surface area (TPSA) is 74.7 Å².